The fraction of sp³-hybridized carbons (Fsp3) is 0.538. The van der Waals surface area contributed by atoms with Gasteiger partial charge in [0.05, 0.1) is 32.6 Å². The molecule has 1 saturated heterocycles. The highest BCUT2D eigenvalue weighted by atomic mass is 32.2. The summed E-state index contributed by atoms with van der Waals surface area (Å²) in [6, 6.07) is -0.132. The molecule has 3 heterocycles. The zero-order valence-electron chi connectivity index (χ0n) is 80.0. The van der Waals surface area contributed by atoms with Gasteiger partial charge in [0.2, 0.25) is 88.6 Å². The van der Waals surface area contributed by atoms with Gasteiger partial charge in [-0.1, -0.05) is 74.5 Å². The number of benzene rings is 3. The number of rotatable bonds is 63. The van der Waals surface area contributed by atoms with Gasteiger partial charge >= 0.3 is 24.1 Å². The number of H-pyrrole nitrogens is 2. The monoisotopic (exact) mass is 2050 g/mol. The number of hydrogen-bond donors (Lipinski definition) is 29. The van der Waals surface area contributed by atoms with Gasteiger partial charge in [-0.25, -0.2) is 14.6 Å². The number of carbonyl (C=O) groups excluding carboxylic acids is 15. The Balaban J connectivity index is 0.00000501. The predicted octanol–water partition coefficient (Wildman–Crippen LogP) is -5.14. The maximum Gasteiger partial charge on any atom is 0.490 e. The minimum Gasteiger partial charge on any atom is -0.508 e. The molecule has 0 radical (unpaired) electrons. The first-order valence-electron chi connectivity index (χ1n) is 46.7. The third kappa shape index (κ3) is 42.6. The Kier molecular flexibility index (Phi) is 52.6. The average molecular weight is 2050 g/mol. The molecule has 0 saturated carbocycles. The van der Waals surface area contributed by atoms with Crippen LogP contribution in [-0.2, 0) is 112 Å². The van der Waals surface area contributed by atoms with E-state index in [-0.39, 0.29) is 108 Å². The number of carbonyl (C=O) groups is 18. The number of unbranched alkanes of at least 4 members (excludes halogenated alkanes) is 3. The van der Waals surface area contributed by atoms with E-state index in [9.17, 15) is 106 Å². The van der Waals surface area contributed by atoms with Gasteiger partial charge in [-0.15, -0.1) is 0 Å². The smallest absolute Gasteiger partial charge is 0.490 e. The van der Waals surface area contributed by atoms with Crippen LogP contribution in [0.4, 0.5) is 13.2 Å². The summed E-state index contributed by atoms with van der Waals surface area (Å²) >= 11 is 1.23. The zero-order chi connectivity index (χ0) is 107. The van der Waals surface area contributed by atoms with Crippen LogP contribution >= 0.6 is 11.8 Å². The second-order valence-electron chi connectivity index (χ2n) is 34.2. The number of likely N-dealkylation sites (tertiary alicyclic amines) is 1. The number of aliphatic hydroxyl groups excluding tert-OH is 2. The fourth-order valence-electron chi connectivity index (χ4n) is 14.9. The van der Waals surface area contributed by atoms with Crippen LogP contribution in [0.2, 0.25) is 0 Å². The second-order valence-corrected chi connectivity index (χ2v) is 35.2. The molecular formula is C91H134F3N25O24S. The lowest BCUT2D eigenvalue weighted by Gasteiger charge is -2.30. The number of fused-ring (bicyclic) bond motifs is 1. The molecule has 53 heteroatoms. The topological polar surface area (TPSA) is 811 Å². The molecule has 6 rings (SSSR count). The van der Waals surface area contributed by atoms with Gasteiger partial charge < -0.3 is 154 Å². The first-order chi connectivity index (χ1) is 68.4. The molecule has 0 spiro atoms. The third-order valence-corrected chi connectivity index (χ3v) is 23.3. The van der Waals surface area contributed by atoms with Crippen molar-refractivity contribution >= 4 is 135 Å². The first kappa shape index (κ1) is 120. The summed E-state index contributed by atoms with van der Waals surface area (Å²) in [5.74, 6) is -20.4. The Morgan fingerprint density at radius 1 is 0.507 bits per heavy atom. The van der Waals surface area contributed by atoms with E-state index < -0.39 is 255 Å². The van der Waals surface area contributed by atoms with E-state index in [0.29, 0.717) is 79.1 Å². The molecule has 0 unspecified atom stereocenters. The standard InChI is InChI=1S/C89H133N25O22S.C2HF3O2/c1-50(2)74(86(133)100-46-71(118)102-59(21-9-12-33-90)77(124)107-64(88(135)136)23-11-14-35-92)113-85(132)70-25-16-37-114(70)87(134)63(22-10-13-34-91)103-72(119)45-99-76(123)67(41-53-43-98-58-20-8-7-19-56(53)58)110-78(125)60(24-15-36-97-89(94)95)104-81(128)66(39-51-17-5-4-6-18-51)109-83(130)68(42-54-44-96-49-101-54)111-79(126)61(30-31-73(120)121)105-80(127)62(32-38-137-3)106-84(131)69(48-116)112-82(129)65(108-75(122)57(93)47-115)40-52-26-28-55(117)29-27-52;3-2(4,5)1(6)7/h4-8,17-20,26-29,43-44,49-50,57,59-70,74,98,115-117H,9-16,21-25,30-42,45-48,90-93H2,1-3H3,(H,96,101)(H,99,123)(H,100,133)(H,102,118)(H,103,119)(H,104,128)(H,105,127)(H,106,131)(H,107,124)(H,108,122)(H,109,130)(H,110,125)(H,111,126)(H,112,129)(H,113,132)(H,120,121)(H,135,136)(H4,94,95,97);(H,6,7)/t57-,59-,60-,61-,62-,63-,64-,65-,66-,67-,68-,69-,70-,74-;/m0./s1. The largest absolute Gasteiger partial charge is 0.508 e. The van der Waals surface area contributed by atoms with Gasteiger partial charge in [-0.05, 0) is 169 Å². The number of nitrogens with zero attached hydrogens (tertiary/aromatic N) is 2. The molecule has 144 heavy (non-hydrogen) atoms. The first-order valence-corrected chi connectivity index (χ1v) is 48.1. The Morgan fingerprint density at radius 3 is 1.47 bits per heavy atom. The van der Waals surface area contributed by atoms with Crippen LogP contribution in [0.25, 0.3) is 10.9 Å². The van der Waals surface area contributed by atoms with Gasteiger partial charge in [-0.2, -0.15) is 24.9 Å². The summed E-state index contributed by atoms with van der Waals surface area (Å²) in [5, 5.41) is 104. The van der Waals surface area contributed by atoms with Crippen molar-refractivity contribution in [3.05, 3.63) is 120 Å². The molecule has 1 aliphatic rings. The molecule has 2 aromatic heterocycles. The number of aromatic nitrogens is 3. The Hall–Kier alpha value is -14.2. The van der Waals surface area contributed by atoms with Crippen LogP contribution in [0.3, 0.4) is 0 Å². The number of aliphatic carboxylic acids is 3. The van der Waals surface area contributed by atoms with Crippen molar-refractivity contribution in [2.75, 3.05) is 71.0 Å². The zero-order valence-corrected chi connectivity index (χ0v) is 80.8. The van der Waals surface area contributed by atoms with Gasteiger partial charge in [0, 0.05) is 74.2 Å². The SMILES string of the molecule is CSCC[C@H](NC(=O)[C@H](CO)NC(=O)[C@H](Cc1ccc(O)cc1)NC(=O)[C@@H](N)CO)C(=O)N[C@@H](CCC(=O)O)C(=O)N[C@@H](Cc1cnc[nH]1)C(=O)N[C@@H](Cc1ccccc1)C(=O)N[C@@H](CCCNC(=N)N)C(=O)N[C@@H](Cc1c[nH]c2ccccc12)C(=O)NCC(=O)N[C@@H](CCCCN)C(=O)N1CCC[C@H]1C(=O)N[C@H](C(=O)NCC(=O)N[C@@H](CCCCN)C(=O)N[C@@H](CCCCN)C(=O)O)C(C)C.O=C(O)C(F)(F)F. The van der Waals surface area contributed by atoms with Crippen molar-refractivity contribution < 1.29 is 130 Å². The van der Waals surface area contributed by atoms with Crippen LogP contribution < -0.4 is 108 Å². The molecule has 15 amide bonds. The highest BCUT2D eigenvalue weighted by molar-refractivity contribution is 7.98. The summed E-state index contributed by atoms with van der Waals surface area (Å²) in [7, 11) is 0. The predicted molar refractivity (Wildman–Crippen MR) is 516 cm³/mol. The van der Waals surface area contributed by atoms with E-state index in [2.05, 4.69) is 94.7 Å². The number of halogens is 3. The number of aromatic hydroxyl groups is 1. The number of thioether (sulfide) groups is 1. The lowest BCUT2D eigenvalue weighted by molar-refractivity contribution is -0.192. The van der Waals surface area contributed by atoms with E-state index in [1.54, 1.807) is 80.9 Å². The number of amides is 15. The maximum absolute atomic E-state index is 15.3. The molecule has 34 N–H and O–H groups in total. The van der Waals surface area contributed by atoms with E-state index >= 15 is 14.4 Å². The van der Waals surface area contributed by atoms with Crippen molar-refractivity contribution in [1.82, 2.24) is 99.6 Å². The number of nitrogens with one attached hydrogen (secondary N) is 18. The number of alkyl halides is 3. The van der Waals surface area contributed by atoms with Gasteiger partial charge in [0.1, 0.15) is 90.3 Å². The van der Waals surface area contributed by atoms with Gasteiger partial charge in [0.15, 0.2) is 5.96 Å². The molecule has 5 aromatic rings. The highest BCUT2D eigenvalue weighted by Gasteiger charge is 2.43. The highest BCUT2D eigenvalue weighted by Crippen LogP contribution is 2.24. The maximum atomic E-state index is 15.3. The minimum atomic E-state index is -5.08. The van der Waals surface area contributed by atoms with Crippen molar-refractivity contribution in [3.8, 4) is 5.75 Å². The number of aromatic amines is 2. The summed E-state index contributed by atoms with van der Waals surface area (Å²) in [6.45, 7) is 0.734. The van der Waals surface area contributed by atoms with E-state index in [4.69, 9.17) is 44.0 Å². The van der Waals surface area contributed by atoms with E-state index in [1.807, 2.05) is 0 Å². The third-order valence-electron chi connectivity index (χ3n) is 22.7. The van der Waals surface area contributed by atoms with Crippen LogP contribution in [0.5, 0.6) is 5.75 Å². The fourth-order valence-corrected chi connectivity index (χ4v) is 15.3. The van der Waals surface area contributed by atoms with Crippen molar-refractivity contribution in [2.24, 2.45) is 34.6 Å². The van der Waals surface area contributed by atoms with Crippen LogP contribution in [0, 0.1) is 11.3 Å². The van der Waals surface area contributed by atoms with E-state index in [1.165, 1.54) is 53.5 Å². The number of para-hydroxylation sites is 1. The minimum absolute atomic E-state index is 0.00673. The molecule has 0 bridgehead atoms. The van der Waals surface area contributed by atoms with Crippen LogP contribution in [-0.4, -0.2) is 325 Å². The Labute approximate surface area is 830 Å². The van der Waals surface area contributed by atoms with E-state index in [0.717, 1.165) is 0 Å². The second kappa shape index (κ2) is 63.0. The summed E-state index contributed by atoms with van der Waals surface area (Å²) in [5.41, 5.74) is 30.7. The summed E-state index contributed by atoms with van der Waals surface area (Å²) in [6.07, 6.45) is 0.934. The quantitative estimate of drug-likeness (QED) is 0.00983. The van der Waals surface area contributed by atoms with Gasteiger partial charge in [-0.3, -0.25) is 82.1 Å². The Morgan fingerprint density at radius 2 is 0.958 bits per heavy atom. The van der Waals surface area contributed by atoms with Crippen LogP contribution in [0.15, 0.2) is 97.6 Å². The normalized spacial score (nSPS) is 15.0. The molecular weight excluding hydrogens is 1920 g/mol. The molecule has 3 aromatic carbocycles. The summed E-state index contributed by atoms with van der Waals surface area (Å²) < 4.78 is 31.7. The molecule has 1 fully saturated rings. The number of guanidine groups is 1. The number of carboxylic acids is 3. The average Bonchev–Trinajstić information content (AvgIpc) is 1.65. The molecule has 1 aliphatic heterocycles. The molecule has 49 nitrogen and oxygen atoms in total. The lowest BCUT2D eigenvalue weighted by Crippen LogP contribution is -2.61. The number of imidazole rings is 1. The van der Waals surface area contributed by atoms with Crippen LogP contribution in [0.1, 0.15) is 139 Å². The van der Waals surface area contributed by atoms with Crippen molar-refractivity contribution in [2.45, 2.75) is 233 Å². The van der Waals surface area contributed by atoms with Crippen molar-refractivity contribution in [1.29, 1.82) is 5.41 Å². The van der Waals surface area contributed by atoms with Crippen molar-refractivity contribution in [3.63, 3.8) is 0 Å². The number of nitrogens with two attached hydrogens (primary N) is 5. The Bertz CT molecular complexity index is 5070. The number of phenolic OH excluding ortho intramolecular Hbond substituents is 1. The van der Waals surface area contributed by atoms with Gasteiger partial charge in [0.25, 0.3) is 0 Å². The molecule has 0 aliphatic carbocycles. The lowest BCUT2D eigenvalue weighted by atomic mass is 10.0. The number of phenols is 1. The number of aliphatic hydroxyl groups is 2. The summed E-state index contributed by atoms with van der Waals surface area (Å²) in [4.78, 5) is 259. The molecule has 14 atom stereocenters. The number of hydrogen-bond acceptors (Lipinski definition) is 28. The molecule has 794 valence electrons. The number of carboxylic acid groups (broad SMARTS) is 3.